The number of aryl methyl sites for hydroxylation is 1. The Morgan fingerprint density at radius 3 is 2.87 bits per heavy atom. The van der Waals surface area contributed by atoms with Gasteiger partial charge in [0.1, 0.15) is 17.5 Å². The fourth-order valence-corrected chi connectivity index (χ4v) is 4.31. The molecule has 0 spiro atoms. The zero-order valence-corrected chi connectivity index (χ0v) is 17.5. The summed E-state index contributed by atoms with van der Waals surface area (Å²) in [5, 5.41) is 9.13. The molecule has 6 rings (SSSR count). The summed E-state index contributed by atoms with van der Waals surface area (Å²) in [6.07, 6.45) is 7.94. The van der Waals surface area contributed by atoms with E-state index in [4.69, 9.17) is 4.98 Å². The Morgan fingerprint density at radius 2 is 2.03 bits per heavy atom. The lowest BCUT2D eigenvalue weighted by atomic mass is 9.98. The van der Waals surface area contributed by atoms with Crippen LogP contribution in [0.5, 0.6) is 0 Å². The minimum absolute atomic E-state index is 0.156. The number of benzene rings is 1. The molecule has 154 valence electrons. The summed E-state index contributed by atoms with van der Waals surface area (Å²) in [5.41, 5.74) is 4.13. The SMILES string of the molecule is Cc1nnc2nc(N3CCCc4c(C#CC5(C)CC5)cncc43)c3cc(F)ccc3n12. The molecule has 0 amide bonds. The summed E-state index contributed by atoms with van der Waals surface area (Å²) in [6.45, 7) is 4.84. The van der Waals surface area contributed by atoms with E-state index in [-0.39, 0.29) is 11.2 Å². The first-order valence-electron chi connectivity index (χ1n) is 10.6. The third-order valence-corrected chi connectivity index (χ3v) is 6.34. The second-order valence-electron chi connectivity index (χ2n) is 8.73. The van der Waals surface area contributed by atoms with Crippen LogP contribution in [0.2, 0.25) is 0 Å². The van der Waals surface area contributed by atoms with Crippen molar-refractivity contribution in [2.24, 2.45) is 5.41 Å². The van der Waals surface area contributed by atoms with E-state index in [0.29, 0.717) is 11.6 Å². The van der Waals surface area contributed by atoms with Crippen LogP contribution in [0.3, 0.4) is 0 Å². The van der Waals surface area contributed by atoms with E-state index >= 15 is 0 Å². The van der Waals surface area contributed by atoms with E-state index in [2.05, 4.69) is 38.8 Å². The number of anilines is 2. The van der Waals surface area contributed by atoms with Gasteiger partial charge in [0.2, 0.25) is 0 Å². The predicted octanol–water partition coefficient (Wildman–Crippen LogP) is 4.36. The normalized spacial score (nSPS) is 16.8. The molecule has 7 heteroatoms. The van der Waals surface area contributed by atoms with E-state index in [1.807, 2.05) is 23.7 Å². The third kappa shape index (κ3) is 2.94. The van der Waals surface area contributed by atoms with Gasteiger partial charge in [-0.15, -0.1) is 10.2 Å². The molecule has 0 saturated heterocycles. The van der Waals surface area contributed by atoms with E-state index in [9.17, 15) is 4.39 Å². The van der Waals surface area contributed by atoms with E-state index < -0.39 is 0 Å². The predicted molar refractivity (Wildman–Crippen MR) is 117 cm³/mol. The van der Waals surface area contributed by atoms with Crippen LogP contribution < -0.4 is 4.90 Å². The molecular weight excluding hydrogens is 391 g/mol. The Labute approximate surface area is 179 Å². The van der Waals surface area contributed by atoms with Gasteiger partial charge in [-0.25, -0.2) is 4.39 Å². The highest BCUT2D eigenvalue weighted by Gasteiger charge is 2.35. The average Bonchev–Trinajstić information content (AvgIpc) is 3.40. The lowest BCUT2D eigenvalue weighted by molar-refractivity contribution is 0.629. The maximum Gasteiger partial charge on any atom is 0.257 e. The van der Waals surface area contributed by atoms with Crippen LogP contribution in [0, 0.1) is 30.0 Å². The van der Waals surface area contributed by atoms with E-state index in [0.717, 1.165) is 60.2 Å². The van der Waals surface area contributed by atoms with Gasteiger partial charge in [0.05, 0.1) is 17.4 Å². The molecule has 1 saturated carbocycles. The number of pyridine rings is 1. The number of fused-ring (bicyclic) bond motifs is 4. The highest BCUT2D eigenvalue weighted by Crippen LogP contribution is 2.44. The molecule has 31 heavy (non-hydrogen) atoms. The molecule has 4 heterocycles. The zero-order chi connectivity index (χ0) is 21.2. The molecule has 1 fully saturated rings. The first-order valence-corrected chi connectivity index (χ1v) is 10.6. The lowest BCUT2D eigenvalue weighted by Crippen LogP contribution is -2.26. The standard InChI is InChI=1S/C24H21FN6/c1-15-28-29-23-27-22(19-12-17(25)5-6-20(19)31(15)23)30-11-3-4-18-16(13-26-14-21(18)30)7-8-24(2)9-10-24/h5-6,12-14H,3-4,9-11H2,1-2H3. The smallest absolute Gasteiger partial charge is 0.257 e. The van der Waals surface area contributed by atoms with Gasteiger partial charge in [0.15, 0.2) is 0 Å². The van der Waals surface area contributed by atoms with Crippen molar-refractivity contribution in [3.05, 3.63) is 53.4 Å². The average molecular weight is 412 g/mol. The molecule has 1 aliphatic heterocycles. The summed E-state index contributed by atoms with van der Waals surface area (Å²) < 4.78 is 16.1. The maximum atomic E-state index is 14.3. The van der Waals surface area contributed by atoms with Crippen molar-refractivity contribution in [2.45, 2.75) is 39.5 Å². The first kappa shape index (κ1) is 18.3. The van der Waals surface area contributed by atoms with Crippen LogP contribution in [0.4, 0.5) is 15.9 Å². The summed E-state index contributed by atoms with van der Waals surface area (Å²) in [5.74, 6) is 8.41. The van der Waals surface area contributed by atoms with Crippen LogP contribution in [0.1, 0.15) is 43.1 Å². The number of hydrogen-bond acceptors (Lipinski definition) is 5. The minimum atomic E-state index is -0.298. The highest BCUT2D eigenvalue weighted by molar-refractivity contribution is 5.94. The molecule has 1 aromatic carbocycles. The monoisotopic (exact) mass is 412 g/mol. The Kier molecular flexibility index (Phi) is 3.82. The largest absolute Gasteiger partial charge is 0.324 e. The molecule has 4 aromatic rings. The van der Waals surface area contributed by atoms with Gasteiger partial charge in [0.25, 0.3) is 5.78 Å². The van der Waals surface area contributed by atoms with Crippen LogP contribution in [0.15, 0.2) is 30.6 Å². The number of nitrogens with zero attached hydrogens (tertiary/aromatic N) is 6. The Morgan fingerprint density at radius 1 is 1.16 bits per heavy atom. The van der Waals surface area contributed by atoms with Gasteiger partial charge in [0, 0.05) is 29.1 Å². The summed E-state index contributed by atoms with van der Waals surface area (Å²) >= 11 is 0. The van der Waals surface area contributed by atoms with Crippen molar-refractivity contribution in [3.8, 4) is 11.8 Å². The molecule has 1 aliphatic carbocycles. The van der Waals surface area contributed by atoms with Gasteiger partial charge >= 0.3 is 0 Å². The van der Waals surface area contributed by atoms with Crippen molar-refractivity contribution in [2.75, 3.05) is 11.4 Å². The van der Waals surface area contributed by atoms with Crippen LogP contribution in [0.25, 0.3) is 16.7 Å². The minimum Gasteiger partial charge on any atom is -0.324 e. The Bertz CT molecular complexity index is 1420. The molecule has 0 atom stereocenters. The molecule has 0 bridgehead atoms. The number of aromatic nitrogens is 5. The quantitative estimate of drug-likeness (QED) is 0.435. The molecular formula is C24H21FN6. The van der Waals surface area contributed by atoms with Gasteiger partial charge in [-0.2, -0.15) is 4.98 Å². The van der Waals surface area contributed by atoms with Crippen molar-refractivity contribution in [3.63, 3.8) is 0 Å². The summed E-state index contributed by atoms with van der Waals surface area (Å²) in [6, 6.07) is 4.76. The van der Waals surface area contributed by atoms with E-state index in [1.165, 1.54) is 17.7 Å². The van der Waals surface area contributed by atoms with Crippen molar-refractivity contribution >= 4 is 28.2 Å². The first-order chi connectivity index (χ1) is 15.0. The second-order valence-corrected chi connectivity index (χ2v) is 8.73. The fourth-order valence-electron chi connectivity index (χ4n) is 4.31. The molecule has 0 N–H and O–H groups in total. The second kappa shape index (κ2) is 6.48. The zero-order valence-electron chi connectivity index (χ0n) is 17.5. The lowest BCUT2D eigenvalue weighted by Gasteiger charge is -2.31. The van der Waals surface area contributed by atoms with Gasteiger partial charge in [-0.1, -0.05) is 11.8 Å². The fraction of sp³-hybridized carbons (Fsp3) is 0.333. The summed E-state index contributed by atoms with van der Waals surface area (Å²) in [4.78, 5) is 11.4. The van der Waals surface area contributed by atoms with Crippen molar-refractivity contribution in [1.82, 2.24) is 24.6 Å². The Balaban J connectivity index is 1.56. The highest BCUT2D eigenvalue weighted by atomic mass is 19.1. The molecule has 0 radical (unpaired) electrons. The summed E-state index contributed by atoms with van der Waals surface area (Å²) in [7, 11) is 0. The van der Waals surface area contributed by atoms with Crippen molar-refractivity contribution in [1.29, 1.82) is 0 Å². The molecule has 6 nitrogen and oxygen atoms in total. The Hall–Kier alpha value is -3.53. The van der Waals surface area contributed by atoms with Crippen LogP contribution in [-0.4, -0.2) is 31.1 Å². The van der Waals surface area contributed by atoms with Gasteiger partial charge in [-0.3, -0.25) is 9.38 Å². The van der Waals surface area contributed by atoms with Crippen LogP contribution >= 0.6 is 0 Å². The maximum absolute atomic E-state index is 14.3. The van der Waals surface area contributed by atoms with Gasteiger partial charge < -0.3 is 4.90 Å². The number of rotatable bonds is 1. The topological polar surface area (TPSA) is 59.2 Å². The molecule has 2 aliphatic rings. The number of halogens is 1. The third-order valence-electron chi connectivity index (χ3n) is 6.34. The molecule has 0 unspecified atom stereocenters. The number of hydrogen-bond donors (Lipinski definition) is 0. The van der Waals surface area contributed by atoms with Crippen molar-refractivity contribution < 1.29 is 4.39 Å². The van der Waals surface area contributed by atoms with Crippen LogP contribution in [-0.2, 0) is 6.42 Å². The molecule has 3 aromatic heterocycles. The van der Waals surface area contributed by atoms with E-state index in [1.54, 1.807) is 6.07 Å². The van der Waals surface area contributed by atoms with Gasteiger partial charge in [-0.05, 0) is 63.3 Å².